The van der Waals surface area contributed by atoms with E-state index in [1.54, 1.807) is 6.92 Å². The van der Waals surface area contributed by atoms with Gasteiger partial charge in [-0.05, 0) is 30.5 Å². The molecule has 5 nitrogen and oxygen atoms in total. The number of nitrogens with one attached hydrogen (secondary N) is 1. The first kappa shape index (κ1) is 20.5. The number of amides is 1. The Balaban J connectivity index is 2.01. The molecule has 144 valence electrons. The van der Waals surface area contributed by atoms with Crippen molar-refractivity contribution in [2.24, 2.45) is 0 Å². The summed E-state index contributed by atoms with van der Waals surface area (Å²) < 4.78 is 10.6. The number of carbonyl (C=O) groups excluding carboxylic acids is 2. The fraction of sp³-hybridized carbons (Fsp3) is 0.364. The van der Waals surface area contributed by atoms with Crippen molar-refractivity contribution < 1.29 is 19.1 Å². The lowest BCUT2D eigenvalue weighted by Gasteiger charge is -2.27. The van der Waals surface area contributed by atoms with Crippen LogP contribution >= 0.6 is 0 Å². The molecule has 2 rings (SSSR count). The van der Waals surface area contributed by atoms with Gasteiger partial charge in [-0.2, -0.15) is 0 Å². The Labute approximate surface area is 160 Å². The number of methoxy groups -OCH3 is 1. The van der Waals surface area contributed by atoms with Crippen molar-refractivity contribution >= 4 is 11.9 Å². The fourth-order valence-corrected chi connectivity index (χ4v) is 3.03. The second kappa shape index (κ2) is 9.76. The van der Waals surface area contributed by atoms with E-state index in [-0.39, 0.29) is 12.5 Å². The third kappa shape index (κ3) is 5.84. The molecule has 0 saturated heterocycles. The maximum Gasteiger partial charge on any atom is 0.331 e. The predicted octanol–water partition coefficient (Wildman–Crippen LogP) is 3.50. The zero-order valence-electron chi connectivity index (χ0n) is 16.2. The second-order valence-electron chi connectivity index (χ2n) is 6.68. The highest BCUT2D eigenvalue weighted by atomic mass is 16.5. The van der Waals surface area contributed by atoms with E-state index in [0.717, 1.165) is 12.0 Å². The standard InChI is InChI=1S/C22H27NO4/c1-4-14-22(2,21(25)26-3)23-20(24)16-27-19-13-9-8-12-18(19)15-17-10-6-5-7-11-17/h5-13H,4,14-16H2,1-3H3,(H,23,24). The van der Waals surface area contributed by atoms with Gasteiger partial charge in [0.25, 0.3) is 5.91 Å². The molecule has 27 heavy (non-hydrogen) atoms. The lowest BCUT2D eigenvalue weighted by Crippen LogP contribution is -2.53. The summed E-state index contributed by atoms with van der Waals surface area (Å²) in [6, 6.07) is 17.7. The monoisotopic (exact) mass is 369 g/mol. The van der Waals surface area contributed by atoms with E-state index in [1.807, 2.05) is 49.4 Å². The molecule has 0 aromatic heterocycles. The van der Waals surface area contributed by atoms with Crippen LogP contribution in [0, 0.1) is 0 Å². The Kier molecular flexibility index (Phi) is 7.41. The maximum absolute atomic E-state index is 12.4. The number of hydrogen-bond acceptors (Lipinski definition) is 4. The molecule has 0 aliphatic carbocycles. The minimum absolute atomic E-state index is 0.165. The SMILES string of the molecule is CCCC(C)(NC(=O)COc1ccccc1Cc1ccccc1)C(=O)OC. The predicted molar refractivity (Wildman–Crippen MR) is 105 cm³/mol. The number of ether oxygens (including phenoxy) is 2. The van der Waals surface area contributed by atoms with Crippen molar-refractivity contribution in [1.82, 2.24) is 5.32 Å². The number of esters is 1. The van der Waals surface area contributed by atoms with Crippen LogP contribution in [-0.4, -0.2) is 31.1 Å². The summed E-state index contributed by atoms with van der Waals surface area (Å²) in [7, 11) is 1.32. The van der Waals surface area contributed by atoms with Gasteiger partial charge in [0.05, 0.1) is 7.11 Å². The van der Waals surface area contributed by atoms with Crippen LogP contribution in [0.2, 0.25) is 0 Å². The third-order valence-corrected chi connectivity index (χ3v) is 4.37. The Bertz CT molecular complexity index is 760. The molecule has 0 aliphatic heterocycles. The Morgan fingerprint density at radius 1 is 1.04 bits per heavy atom. The molecule has 1 amide bonds. The van der Waals surface area contributed by atoms with Crippen molar-refractivity contribution in [2.45, 2.75) is 38.6 Å². The average molecular weight is 369 g/mol. The van der Waals surface area contributed by atoms with Crippen LogP contribution in [0.25, 0.3) is 0 Å². The highest BCUT2D eigenvalue weighted by Gasteiger charge is 2.35. The third-order valence-electron chi connectivity index (χ3n) is 4.37. The molecular formula is C22H27NO4. The van der Waals surface area contributed by atoms with Gasteiger partial charge in [-0.15, -0.1) is 0 Å². The summed E-state index contributed by atoms with van der Waals surface area (Å²) in [6.45, 7) is 3.45. The summed E-state index contributed by atoms with van der Waals surface area (Å²) in [5.41, 5.74) is 1.12. The number of hydrogen-bond donors (Lipinski definition) is 1. The number of benzene rings is 2. The smallest absolute Gasteiger partial charge is 0.331 e. The van der Waals surface area contributed by atoms with E-state index < -0.39 is 11.5 Å². The second-order valence-corrected chi connectivity index (χ2v) is 6.68. The first-order valence-corrected chi connectivity index (χ1v) is 9.12. The number of para-hydroxylation sites is 1. The molecule has 0 bridgehead atoms. The molecule has 1 atom stereocenters. The Morgan fingerprint density at radius 3 is 2.37 bits per heavy atom. The zero-order chi connectivity index (χ0) is 19.7. The molecule has 2 aromatic carbocycles. The molecule has 2 aromatic rings. The molecule has 0 saturated carbocycles. The van der Waals surface area contributed by atoms with Crippen LogP contribution in [0.5, 0.6) is 5.75 Å². The van der Waals surface area contributed by atoms with Gasteiger partial charge in [0.15, 0.2) is 6.61 Å². The van der Waals surface area contributed by atoms with Gasteiger partial charge >= 0.3 is 5.97 Å². The van der Waals surface area contributed by atoms with Crippen molar-refractivity contribution in [1.29, 1.82) is 0 Å². The Morgan fingerprint density at radius 2 is 1.70 bits per heavy atom. The minimum Gasteiger partial charge on any atom is -0.483 e. The van der Waals surface area contributed by atoms with Gasteiger partial charge in [0.2, 0.25) is 0 Å². The molecule has 0 fully saturated rings. The first-order valence-electron chi connectivity index (χ1n) is 9.12. The molecule has 1 unspecified atom stereocenters. The van der Waals surface area contributed by atoms with E-state index in [1.165, 1.54) is 12.7 Å². The summed E-state index contributed by atoms with van der Waals surface area (Å²) >= 11 is 0. The van der Waals surface area contributed by atoms with Gasteiger partial charge in [0.1, 0.15) is 11.3 Å². The highest BCUT2D eigenvalue weighted by molar-refractivity contribution is 5.88. The normalized spacial score (nSPS) is 12.7. The lowest BCUT2D eigenvalue weighted by molar-refractivity contribution is -0.150. The van der Waals surface area contributed by atoms with Crippen LogP contribution in [-0.2, 0) is 20.7 Å². The van der Waals surface area contributed by atoms with E-state index in [2.05, 4.69) is 17.4 Å². The average Bonchev–Trinajstić information content (AvgIpc) is 2.67. The van der Waals surface area contributed by atoms with Crippen molar-refractivity contribution in [2.75, 3.05) is 13.7 Å². The van der Waals surface area contributed by atoms with Gasteiger partial charge in [-0.1, -0.05) is 61.9 Å². The van der Waals surface area contributed by atoms with Crippen LogP contribution in [0.1, 0.15) is 37.8 Å². The molecule has 0 heterocycles. The van der Waals surface area contributed by atoms with Crippen LogP contribution in [0.3, 0.4) is 0 Å². The topological polar surface area (TPSA) is 64.6 Å². The van der Waals surface area contributed by atoms with Crippen LogP contribution in [0.4, 0.5) is 0 Å². The van der Waals surface area contributed by atoms with Crippen LogP contribution in [0.15, 0.2) is 54.6 Å². The fourth-order valence-electron chi connectivity index (χ4n) is 3.03. The van der Waals surface area contributed by atoms with Crippen molar-refractivity contribution in [3.8, 4) is 5.75 Å². The lowest BCUT2D eigenvalue weighted by atomic mass is 9.96. The quantitative estimate of drug-likeness (QED) is 0.687. The van der Waals surface area contributed by atoms with E-state index in [9.17, 15) is 9.59 Å². The minimum atomic E-state index is -1.05. The van der Waals surface area contributed by atoms with Crippen LogP contribution < -0.4 is 10.1 Å². The van der Waals surface area contributed by atoms with E-state index in [4.69, 9.17) is 9.47 Å². The summed E-state index contributed by atoms with van der Waals surface area (Å²) in [5.74, 6) is -0.153. The van der Waals surface area contributed by atoms with Gasteiger partial charge in [-0.25, -0.2) is 4.79 Å². The number of rotatable bonds is 9. The largest absolute Gasteiger partial charge is 0.483 e. The molecular weight excluding hydrogens is 342 g/mol. The van der Waals surface area contributed by atoms with Crippen molar-refractivity contribution in [3.63, 3.8) is 0 Å². The van der Waals surface area contributed by atoms with E-state index >= 15 is 0 Å². The Hall–Kier alpha value is -2.82. The highest BCUT2D eigenvalue weighted by Crippen LogP contribution is 2.21. The molecule has 0 radical (unpaired) electrons. The summed E-state index contributed by atoms with van der Waals surface area (Å²) in [6.07, 6.45) is 1.96. The molecule has 1 N–H and O–H groups in total. The molecule has 0 aliphatic rings. The molecule has 5 heteroatoms. The molecule has 0 spiro atoms. The van der Waals surface area contributed by atoms with Gasteiger partial charge in [0, 0.05) is 6.42 Å². The van der Waals surface area contributed by atoms with Gasteiger partial charge in [-0.3, -0.25) is 4.79 Å². The van der Waals surface area contributed by atoms with Crippen molar-refractivity contribution in [3.05, 3.63) is 65.7 Å². The maximum atomic E-state index is 12.4. The number of carbonyl (C=O) groups is 2. The van der Waals surface area contributed by atoms with E-state index in [0.29, 0.717) is 18.6 Å². The summed E-state index contributed by atoms with van der Waals surface area (Å²) in [4.78, 5) is 24.4. The summed E-state index contributed by atoms with van der Waals surface area (Å²) in [5, 5.41) is 2.75. The van der Waals surface area contributed by atoms with Gasteiger partial charge < -0.3 is 14.8 Å². The first-order chi connectivity index (χ1) is 13.0. The zero-order valence-corrected chi connectivity index (χ0v) is 16.2.